The van der Waals surface area contributed by atoms with Crippen LogP contribution in [0, 0.1) is 20.8 Å². The molecule has 1 heterocycles. The maximum Gasteiger partial charge on any atom is 0.262 e. The zero-order valence-electron chi connectivity index (χ0n) is 17.4. The van der Waals surface area contributed by atoms with Crippen molar-refractivity contribution in [1.82, 2.24) is 4.90 Å². The van der Waals surface area contributed by atoms with Crippen LogP contribution in [0.25, 0.3) is 0 Å². The number of anilines is 2. The van der Waals surface area contributed by atoms with E-state index in [1.54, 1.807) is 0 Å². The molecular weight excluding hydrogens is 350 g/mol. The molecular formula is C23H31N3O2. The number of carbonyl (C=O) groups excluding carboxylic acids is 1. The van der Waals surface area contributed by atoms with E-state index in [0.29, 0.717) is 0 Å². The molecule has 0 unspecified atom stereocenters. The van der Waals surface area contributed by atoms with Gasteiger partial charge in [-0.2, -0.15) is 0 Å². The number of nitrogens with one attached hydrogen (secondary N) is 1. The van der Waals surface area contributed by atoms with Crippen LogP contribution in [-0.2, 0) is 4.79 Å². The third-order valence-electron chi connectivity index (χ3n) is 5.40. The number of hydrogen-bond acceptors (Lipinski definition) is 4. The van der Waals surface area contributed by atoms with Gasteiger partial charge < -0.3 is 19.9 Å². The summed E-state index contributed by atoms with van der Waals surface area (Å²) < 4.78 is 5.75. The van der Waals surface area contributed by atoms with Gasteiger partial charge in [-0.05, 0) is 62.2 Å². The molecule has 0 aromatic heterocycles. The molecule has 1 aliphatic heterocycles. The quantitative estimate of drug-likeness (QED) is 0.827. The lowest BCUT2D eigenvalue weighted by atomic mass is 10.1. The first-order valence-corrected chi connectivity index (χ1v) is 10.0. The van der Waals surface area contributed by atoms with Crippen molar-refractivity contribution in [1.29, 1.82) is 0 Å². The van der Waals surface area contributed by atoms with Crippen molar-refractivity contribution in [3.8, 4) is 5.75 Å². The number of piperazine rings is 1. The number of likely N-dealkylation sites (N-methyl/N-ethyl adjacent to an activating group) is 1. The summed E-state index contributed by atoms with van der Waals surface area (Å²) in [6.45, 7) is 13.7. The predicted octanol–water partition coefficient (Wildman–Crippen LogP) is 3.77. The highest BCUT2D eigenvalue weighted by atomic mass is 16.5. The van der Waals surface area contributed by atoms with Gasteiger partial charge in [0.2, 0.25) is 0 Å². The van der Waals surface area contributed by atoms with E-state index in [-0.39, 0.29) is 12.5 Å². The summed E-state index contributed by atoms with van der Waals surface area (Å²) in [6.07, 6.45) is 0. The minimum Gasteiger partial charge on any atom is -0.483 e. The average molecular weight is 382 g/mol. The number of carbonyl (C=O) groups is 1. The first kappa shape index (κ1) is 20.2. The highest BCUT2D eigenvalue weighted by molar-refractivity contribution is 5.92. The van der Waals surface area contributed by atoms with Gasteiger partial charge in [-0.3, -0.25) is 4.79 Å². The second-order valence-electron chi connectivity index (χ2n) is 7.48. The Morgan fingerprint density at radius 1 is 1.00 bits per heavy atom. The summed E-state index contributed by atoms with van der Waals surface area (Å²) in [5.74, 6) is 0.641. The zero-order chi connectivity index (χ0) is 20.1. The van der Waals surface area contributed by atoms with Crippen LogP contribution in [0.5, 0.6) is 5.75 Å². The van der Waals surface area contributed by atoms with E-state index in [1.807, 2.05) is 44.2 Å². The first-order chi connectivity index (χ1) is 13.5. The maximum absolute atomic E-state index is 12.3. The molecule has 0 aliphatic carbocycles. The molecule has 28 heavy (non-hydrogen) atoms. The minimum absolute atomic E-state index is 0.00543. The molecule has 1 N–H and O–H groups in total. The number of aryl methyl sites for hydroxylation is 3. The molecule has 5 heteroatoms. The fraction of sp³-hybridized carbons (Fsp3) is 0.435. The van der Waals surface area contributed by atoms with Gasteiger partial charge in [0.1, 0.15) is 5.75 Å². The van der Waals surface area contributed by atoms with E-state index < -0.39 is 0 Å². The minimum atomic E-state index is -0.147. The number of hydrogen-bond donors (Lipinski definition) is 1. The van der Waals surface area contributed by atoms with Gasteiger partial charge in [0.15, 0.2) is 6.61 Å². The Labute approximate surface area is 168 Å². The lowest BCUT2D eigenvalue weighted by molar-refractivity contribution is -0.118. The Kier molecular flexibility index (Phi) is 6.57. The largest absolute Gasteiger partial charge is 0.483 e. The number of nitrogens with zero attached hydrogens (tertiary/aromatic N) is 2. The van der Waals surface area contributed by atoms with Gasteiger partial charge in [-0.15, -0.1) is 0 Å². The molecule has 0 atom stereocenters. The van der Waals surface area contributed by atoms with Crippen LogP contribution in [0.1, 0.15) is 23.6 Å². The summed E-state index contributed by atoms with van der Waals surface area (Å²) >= 11 is 0. The van der Waals surface area contributed by atoms with Crippen molar-refractivity contribution in [3.63, 3.8) is 0 Å². The fourth-order valence-corrected chi connectivity index (χ4v) is 3.75. The van der Waals surface area contributed by atoms with Crippen LogP contribution in [0.2, 0.25) is 0 Å². The number of benzene rings is 2. The van der Waals surface area contributed by atoms with Gasteiger partial charge in [0.05, 0.1) is 0 Å². The van der Waals surface area contributed by atoms with Crippen LogP contribution < -0.4 is 15.0 Å². The molecule has 2 aromatic carbocycles. The third kappa shape index (κ3) is 4.84. The highest BCUT2D eigenvalue weighted by Gasteiger charge is 2.17. The number of ether oxygens (including phenoxy) is 1. The summed E-state index contributed by atoms with van der Waals surface area (Å²) in [7, 11) is 0. The molecule has 0 saturated carbocycles. The van der Waals surface area contributed by atoms with Gasteiger partial charge >= 0.3 is 0 Å². The van der Waals surface area contributed by atoms with E-state index in [2.05, 4.69) is 35.0 Å². The molecule has 2 aromatic rings. The highest BCUT2D eigenvalue weighted by Crippen LogP contribution is 2.25. The lowest BCUT2D eigenvalue weighted by Gasteiger charge is -2.36. The van der Waals surface area contributed by atoms with Crippen molar-refractivity contribution in [3.05, 3.63) is 53.1 Å². The van der Waals surface area contributed by atoms with Crippen LogP contribution >= 0.6 is 0 Å². The van der Waals surface area contributed by atoms with E-state index in [0.717, 1.165) is 55.3 Å². The Balaban J connectivity index is 1.57. The third-order valence-corrected chi connectivity index (χ3v) is 5.40. The standard InChI is InChI=1S/C23H31N3O2/c1-5-25-11-13-26(14-12-25)21-10-9-20(15-19(21)4)24-22(27)16-28-23-17(2)7-6-8-18(23)3/h6-10,15H,5,11-14,16H2,1-4H3,(H,24,27). The second kappa shape index (κ2) is 9.11. The van der Waals surface area contributed by atoms with Crippen LogP contribution in [0.15, 0.2) is 36.4 Å². The van der Waals surface area contributed by atoms with E-state index >= 15 is 0 Å². The van der Waals surface area contributed by atoms with Crippen molar-refractivity contribution < 1.29 is 9.53 Å². The van der Waals surface area contributed by atoms with Crippen molar-refractivity contribution in [2.75, 3.05) is 49.5 Å². The molecule has 5 nitrogen and oxygen atoms in total. The monoisotopic (exact) mass is 381 g/mol. The first-order valence-electron chi connectivity index (χ1n) is 10.0. The van der Waals surface area contributed by atoms with Gasteiger partial charge in [-0.25, -0.2) is 0 Å². The van der Waals surface area contributed by atoms with E-state index in [4.69, 9.17) is 4.74 Å². The Bertz CT molecular complexity index is 806. The predicted molar refractivity (Wildman–Crippen MR) is 116 cm³/mol. The molecule has 1 saturated heterocycles. The number of para-hydroxylation sites is 1. The molecule has 0 bridgehead atoms. The number of amides is 1. The molecule has 0 spiro atoms. The van der Waals surface area contributed by atoms with Crippen molar-refractivity contribution in [2.24, 2.45) is 0 Å². The smallest absolute Gasteiger partial charge is 0.262 e. The fourth-order valence-electron chi connectivity index (χ4n) is 3.75. The topological polar surface area (TPSA) is 44.8 Å². The van der Waals surface area contributed by atoms with Crippen LogP contribution in [-0.4, -0.2) is 50.1 Å². The Hall–Kier alpha value is -2.53. The summed E-state index contributed by atoms with van der Waals surface area (Å²) in [5, 5.41) is 2.95. The van der Waals surface area contributed by atoms with Crippen LogP contribution in [0.4, 0.5) is 11.4 Å². The van der Waals surface area contributed by atoms with E-state index in [1.165, 1.54) is 11.3 Å². The SMILES string of the molecule is CCN1CCN(c2ccc(NC(=O)COc3c(C)cccc3C)cc2C)CC1. The molecule has 0 radical (unpaired) electrons. The number of rotatable bonds is 6. The Morgan fingerprint density at radius 2 is 1.68 bits per heavy atom. The van der Waals surface area contributed by atoms with Gasteiger partial charge in [0.25, 0.3) is 5.91 Å². The average Bonchev–Trinajstić information content (AvgIpc) is 2.68. The molecule has 150 valence electrons. The molecule has 3 rings (SSSR count). The normalized spacial score (nSPS) is 14.8. The summed E-state index contributed by atoms with van der Waals surface area (Å²) in [5.41, 5.74) is 5.31. The summed E-state index contributed by atoms with van der Waals surface area (Å²) in [4.78, 5) is 17.2. The lowest BCUT2D eigenvalue weighted by Crippen LogP contribution is -2.46. The molecule has 1 aliphatic rings. The Morgan fingerprint density at radius 3 is 2.29 bits per heavy atom. The zero-order valence-corrected chi connectivity index (χ0v) is 17.4. The van der Waals surface area contributed by atoms with Gasteiger partial charge in [0, 0.05) is 37.6 Å². The molecule has 1 amide bonds. The summed E-state index contributed by atoms with van der Waals surface area (Å²) in [6, 6.07) is 12.1. The maximum atomic E-state index is 12.3. The van der Waals surface area contributed by atoms with Crippen LogP contribution in [0.3, 0.4) is 0 Å². The molecule has 1 fully saturated rings. The van der Waals surface area contributed by atoms with Crippen molar-refractivity contribution >= 4 is 17.3 Å². The van der Waals surface area contributed by atoms with Crippen molar-refractivity contribution in [2.45, 2.75) is 27.7 Å². The van der Waals surface area contributed by atoms with E-state index in [9.17, 15) is 4.79 Å². The van der Waals surface area contributed by atoms with Gasteiger partial charge in [-0.1, -0.05) is 25.1 Å². The second-order valence-corrected chi connectivity index (χ2v) is 7.48.